The first-order valence-corrected chi connectivity index (χ1v) is 6.13. The van der Waals surface area contributed by atoms with Crippen molar-refractivity contribution in [1.82, 2.24) is 0 Å². The van der Waals surface area contributed by atoms with E-state index >= 15 is 0 Å². The maximum Gasteiger partial charge on any atom is 0.221 e. The maximum atomic E-state index is 11.0. The molecule has 0 fully saturated rings. The molecule has 2 rings (SSSR count). The van der Waals surface area contributed by atoms with Crippen molar-refractivity contribution in [2.45, 2.75) is 32.7 Å². The third-order valence-electron chi connectivity index (χ3n) is 2.98. The van der Waals surface area contributed by atoms with Gasteiger partial charge in [-0.3, -0.25) is 14.6 Å². The van der Waals surface area contributed by atoms with Crippen molar-refractivity contribution in [3.8, 4) is 0 Å². The van der Waals surface area contributed by atoms with Crippen LogP contribution in [0.15, 0.2) is 29.4 Å². The minimum absolute atomic E-state index is 0.101. The fourth-order valence-corrected chi connectivity index (χ4v) is 2.18. The molecule has 0 saturated heterocycles. The molecule has 1 heterocycles. The number of anilines is 2. The highest BCUT2D eigenvalue weighted by molar-refractivity contribution is 6.29. The lowest BCUT2D eigenvalue weighted by Crippen LogP contribution is -2.36. The van der Waals surface area contributed by atoms with Crippen molar-refractivity contribution in [3.05, 3.63) is 24.3 Å². The van der Waals surface area contributed by atoms with E-state index in [9.17, 15) is 9.59 Å². The van der Waals surface area contributed by atoms with Crippen molar-refractivity contribution >= 4 is 29.3 Å². The molecule has 1 aliphatic rings. The lowest BCUT2D eigenvalue weighted by Gasteiger charge is -2.30. The topological polar surface area (TPSA) is 61.8 Å². The summed E-state index contributed by atoms with van der Waals surface area (Å²) in [5.74, 6) is -0.101. The fourth-order valence-electron chi connectivity index (χ4n) is 2.18. The number of nitrogens with zero attached hydrogens (tertiary/aromatic N) is 2. The van der Waals surface area contributed by atoms with Crippen molar-refractivity contribution in [2.75, 3.05) is 10.3 Å². The average Bonchev–Trinajstić information content (AvgIpc) is 2.65. The molecule has 1 N–H and O–H groups in total. The number of hydrogen-bond acceptors (Lipinski definition) is 4. The van der Waals surface area contributed by atoms with E-state index in [1.807, 2.05) is 43.1 Å². The number of hydrazone groups is 1. The highest BCUT2D eigenvalue weighted by Gasteiger charge is 2.34. The van der Waals surface area contributed by atoms with Gasteiger partial charge in [0, 0.05) is 19.0 Å². The molecule has 1 aromatic rings. The Morgan fingerprint density at radius 2 is 2.00 bits per heavy atom. The Morgan fingerprint density at radius 1 is 1.37 bits per heavy atom. The van der Waals surface area contributed by atoms with Gasteiger partial charge in [0.25, 0.3) is 0 Å². The quantitative estimate of drug-likeness (QED) is 0.846. The van der Waals surface area contributed by atoms with Crippen LogP contribution in [-0.4, -0.2) is 23.4 Å². The van der Waals surface area contributed by atoms with Crippen LogP contribution in [0, 0.1) is 0 Å². The van der Waals surface area contributed by atoms with E-state index in [2.05, 4.69) is 10.4 Å². The van der Waals surface area contributed by atoms with Crippen LogP contribution < -0.4 is 10.3 Å². The Hall–Kier alpha value is -2.17. The second-order valence-electron chi connectivity index (χ2n) is 5.24. The molecule has 5 nitrogen and oxygen atoms in total. The summed E-state index contributed by atoms with van der Waals surface area (Å²) in [5, 5.41) is 8.87. The number of amides is 1. The molecule has 1 amide bonds. The molecule has 19 heavy (non-hydrogen) atoms. The second-order valence-corrected chi connectivity index (χ2v) is 5.24. The first-order valence-electron chi connectivity index (χ1n) is 6.13. The smallest absolute Gasteiger partial charge is 0.221 e. The number of aldehydes is 1. The molecule has 100 valence electrons. The third-order valence-corrected chi connectivity index (χ3v) is 2.98. The number of carbonyl (C=O) groups excluding carboxylic acids is 2. The highest BCUT2D eigenvalue weighted by Crippen LogP contribution is 2.32. The van der Waals surface area contributed by atoms with E-state index in [0.29, 0.717) is 12.1 Å². The molecular weight excluding hydrogens is 242 g/mol. The fraction of sp³-hybridized carbons (Fsp3) is 0.357. The zero-order valence-corrected chi connectivity index (χ0v) is 11.3. The first kappa shape index (κ1) is 13.3. The number of benzene rings is 1. The molecule has 0 unspecified atom stereocenters. The minimum Gasteiger partial charge on any atom is -0.326 e. The maximum absolute atomic E-state index is 11.0. The largest absolute Gasteiger partial charge is 0.326 e. The lowest BCUT2D eigenvalue weighted by molar-refractivity contribution is -0.114. The van der Waals surface area contributed by atoms with E-state index in [0.717, 1.165) is 17.7 Å². The standard InChI is InChI=1S/C14H17N3O2/c1-10(19)15-11-4-6-13(7-5-11)17-14(2,3)8-12(9-18)16-17/h4-7,9H,8H2,1-3H3,(H,15,19). The zero-order chi connectivity index (χ0) is 14.0. The summed E-state index contributed by atoms with van der Waals surface area (Å²) in [6.07, 6.45) is 1.43. The molecule has 0 radical (unpaired) electrons. The van der Waals surface area contributed by atoms with Gasteiger partial charge in [-0.15, -0.1) is 0 Å². The van der Waals surface area contributed by atoms with E-state index in [-0.39, 0.29) is 11.4 Å². The van der Waals surface area contributed by atoms with E-state index in [1.165, 1.54) is 6.92 Å². The van der Waals surface area contributed by atoms with E-state index in [4.69, 9.17) is 0 Å². The zero-order valence-electron chi connectivity index (χ0n) is 11.3. The number of nitrogens with one attached hydrogen (secondary N) is 1. The van der Waals surface area contributed by atoms with Gasteiger partial charge in [0.1, 0.15) is 5.71 Å². The molecule has 1 aliphatic heterocycles. The Kier molecular flexibility index (Phi) is 3.38. The van der Waals surface area contributed by atoms with Gasteiger partial charge in [0.2, 0.25) is 5.91 Å². The van der Waals surface area contributed by atoms with Crippen LogP contribution in [0.25, 0.3) is 0 Å². The highest BCUT2D eigenvalue weighted by atomic mass is 16.1. The molecule has 0 aliphatic carbocycles. The van der Waals surface area contributed by atoms with Crippen LogP contribution in [0.1, 0.15) is 27.2 Å². The van der Waals surface area contributed by atoms with Crippen molar-refractivity contribution in [3.63, 3.8) is 0 Å². The van der Waals surface area contributed by atoms with Crippen LogP contribution in [0.5, 0.6) is 0 Å². The van der Waals surface area contributed by atoms with Crippen molar-refractivity contribution in [1.29, 1.82) is 0 Å². The molecular formula is C14H17N3O2. The summed E-state index contributed by atoms with van der Waals surface area (Å²) in [5.41, 5.74) is 1.98. The summed E-state index contributed by atoms with van der Waals surface area (Å²) in [6, 6.07) is 7.40. The average molecular weight is 259 g/mol. The van der Waals surface area contributed by atoms with Gasteiger partial charge in [0.15, 0.2) is 6.29 Å². The van der Waals surface area contributed by atoms with Gasteiger partial charge in [-0.05, 0) is 38.1 Å². The number of hydrogen-bond donors (Lipinski definition) is 1. The Bertz CT molecular complexity index is 532. The molecule has 0 spiro atoms. The molecule has 0 atom stereocenters. The first-order chi connectivity index (χ1) is 8.92. The van der Waals surface area contributed by atoms with E-state index < -0.39 is 0 Å². The summed E-state index contributed by atoms with van der Waals surface area (Å²) in [4.78, 5) is 21.8. The molecule has 1 aromatic carbocycles. The van der Waals surface area contributed by atoms with Crippen LogP contribution in [-0.2, 0) is 9.59 Å². The molecule has 5 heteroatoms. The van der Waals surface area contributed by atoms with Gasteiger partial charge < -0.3 is 5.32 Å². The van der Waals surface area contributed by atoms with Gasteiger partial charge in [-0.25, -0.2) is 0 Å². The van der Waals surface area contributed by atoms with Crippen LogP contribution in [0.2, 0.25) is 0 Å². The second kappa shape index (κ2) is 4.84. The SMILES string of the molecule is CC(=O)Nc1ccc(N2N=C(C=O)CC2(C)C)cc1. The van der Waals surface area contributed by atoms with Crippen molar-refractivity contribution < 1.29 is 9.59 Å². The summed E-state index contributed by atoms with van der Waals surface area (Å²) in [7, 11) is 0. The molecule has 0 aromatic heterocycles. The third kappa shape index (κ3) is 2.81. The van der Waals surface area contributed by atoms with Gasteiger partial charge in [0.05, 0.1) is 11.2 Å². The van der Waals surface area contributed by atoms with Crippen LogP contribution in [0.4, 0.5) is 11.4 Å². The predicted octanol–water partition coefficient (Wildman–Crippen LogP) is 2.19. The van der Waals surface area contributed by atoms with E-state index in [1.54, 1.807) is 0 Å². The van der Waals surface area contributed by atoms with Crippen LogP contribution in [0.3, 0.4) is 0 Å². The Morgan fingerprint density at radius 3 is 2.47 bits per heavy atom. The summed E-state index contributed by atoms with van der Waals surface area (Å²) >= 11 is 0. The van der Waals surface area contributed by atoms with Gasteiger partial charge in [-0.2, -0.15) is 5.10 Å². The lowest BCUT2D eigenvalue weighted by atomic mass is 9.98. The molecule has 0 saturated carbocycles. The van der Waals surface area contributed by atoms with Crippen molar-refractivity contribution in [2.24, 2.45) is 5.10 Å². The minimum atomic E-state index is -0.217. The van der Waals surface area contributed by atoms with Crippen LogP contribution >= 0.6 is 0 Å². The normalized spacial score (nSPS) is 17.0. The molecule has 0 bridgehead atoms. The van der Waals surface area contributed by atoms with Gasteiger partial charge >= 0.3 is 0 Å². The monoisotopic (exact) mass is 259 g/mol. The Balaban J connectivity index is 2.24. The van der Waals surface area contributed by atoms with Gasteiger partial charge in [-0.1, -0.05) is 0 Å². The number of carbonyl (C=O) groups is 2. The number of rotatable bonds is 3. The summed E-state index contributed by atoms with van der Waals surface area (Å²) < 4.78 is 0. The summed E-state index contributed by atoms with van der Waals surface area (Å²) in [6.45, 7) is 5.54. The predicted molar refractivity (Wildman–Crippen MR) is 75.4 cm³/mol. The Labute approximate surface area is 112 Å².